The van der Waals surface area contributed by atoms with E-state index in [4.69, 9.17) is 10.2 Å². The lowest BCUT2D eigenvalue weighted by Crippen LogP contribution is -2.30. The molecule has 0 atom stereocenters. The number of nitrogens with one attached hydrogen (secondary N) is 1. The predicted molar refractivity (Wildman–Crippen MR) is 81.8 cm³/mol. The molecule has 0 radical (unpaired) electrons. The Morgan fingerprint density at radius 1 is 1.20 bits per heavy atom. The maximum atomic E-state index is 5.73. The summed E-state index contributed by atoms with van der Waals surface area (Å²) in [5.41, 5.74) is 8.01. The number of rotatable bonds is 4. The summed E-state index contributed by atoms with van der Waals surface area (Å²) in [6.45, 7) is 4.33. The van der Waals surface area contributed by atoms with Crippen LogP contribution in [-0.4, -0.2) is 36.1 Å². The van der Waals surface area contributed by atoms with Crippen molar-refractivity contribution in [1.82, 2.24) is 9.88 Å². The molecule has 1 aliphatic heterocycles. The largest absolute Gasteiger partial charge is 0.423 e. The standard InChI is InChI=1S/C15H22N4O/c16-12-5-6-13-14(11-12)20-15(18-13)17-7-10-19-8-3-1-2-4-9-19/h5-6,11H,1-4,7-10,16H2,(H,17,18). The average Bonchev–Trinajstić information content (AvgIpc) is 2.66. The van der Waals surface area contributed by atoms with E-state index in [1.165, 1.54) is 38.8 Å². The molecule has 1 aromatic carbocycles. The van der Waals surface area contributed by atoms with Crippen LogP contribution in [-0.2, 0) is 0 Å². The molecule has 3 rings (SSSR count). The molecule has 5 heteroatoms. The zero-order valence-electron chi connectivity index (χ0n) is 11.8. The van der Waals surface area contributed by atoms with Crippen molar-refractivity contribution in [3.05, 3.63) is 18.2 Å². The summed E-state index contributed by atoms with van der Waals surface area (Å²) in [6.07, 6.45) is 5.39. The summed E-state index contributed by atoms with van der Waals surface area (Å²) in [5, 5.41) is 3.26. The van der Waals surface area contributed by atoms with Crippen molar-refractivity contribution >= 4 is 22.8 Å². The third-order valence-corrected chi connectivity index (χ3v) is 3.82. The van der Waals surface area contributed by atoms with Crippen LogP contribution in [0.25, 0.3) is 11.1 Å². The van der Waals surface area contributed by atoms with Crippen LogP contribution in [0.5, 0.6) is 0 Å². The molecule has 20 heavy (non-hydrogen) atoms. The Labute approximate surface area is 119 Å². The zero-order valence-corrected chi connectivity index (χ0v) is 11.8. The van der Waals surface area contributed by atoms with Crippen LogP contribution in [0.4, 0.5) is 11.7 Å². The van der Waals surface area contributed by atoms with Crippen molar-refractivity contribution in [2.45, 2.75) is 25.7 Å². The summed E-state index contributed by atoms with van der Waals surface area (Å²) in [4.78, 5) is 6.92. The van der Waals surface area contributed by atoms with Gasteiger partial charge in [-0.3, -0.25) is 0 Å². The van der Waals surface area contributed by atoms with Gasteiger partial charge in [0.2, 0.25) is 0 Å². The Kier molecular flexibility index (Phi) is 4.06. The second kappa shape index (κ2) is 6.13. The van der Waals surface area contributed by atoms with Crippen molar-refractivity contribution in [3.8, 4) is 0 Å². The molecular weight excluding hydrogens is 252 g/mol. The first-order chi connectivity index (χ1) is 9.81. The SMILES string of the molecule is Nc1ccc2nc(NCCN3CCCCCC3)oc2c1. The monoisotopic (exact) mass is 274 g/mol. The smallest absolute Gasteiger partial charge is 0.295 e. The minimum Gasteiger partial charge on any atom is -0.423 e. The number of hydrogen-bond donors (Lipinski definition) is 2. The third-order valence-electron chi connectivity index (χ3n) is 3.82. The topological polar surface area (TPSA) is 67.3 Å². The van der Waals surface area contributed by atoms with E-state index < -0.39 is 0 Å². The van der Waals surface area contributed by atoms with E-state index in [0.717, 1.165) is 24.2 Å². The fourth-order valence-corrected chi connectivity index (χ4v) is 2.70. The lowest BCUT2D eigenvalue weighted by molar-refractivity contribution is 0.295. The van der Waals surface area contributed by atoms with Gasteiger partial charge in [0.15, 0.2) is 5.58 Å². The Morgan fingerprint density at radius 2 is 2.00 bits per heavy atom. The summed E-state index contributed by atoms with van der Waals surface area (Å²) in [6, 6.07) is 6.11. The number of hydrogen-bond acceptors (Lipinski definition) is 5. The minimum absolute atomic E-state index is 0.584. The van der Waals surface area contributed by atoms with E-state index in [2.05, 4.69) is 15.2 Å². The maximum Gasteiger partial charge on any atom is 0.295 e. The van der Waals surface area contributed by atoms with Gasteiger partial charge in [-0.2, -0.15) is 4.98 Å². The summed E-state index contributed by atoms with van der Waals surface area (Å²) in [5.74, 6) is 0. The number of likely N-dealkylation sites (tertiary alicyclic amines) is 1. The fourth-order valence-electron chi connectivity index (χ4n) is 2.70. The first-order valence-corrected chi connectivity index (χ1v) is 7.43. The van der Waals surface area contributed by atoms with Crippen LogP contribution < -0.4 is 11.1 Å². The molecule has 1 aliphatic rings. The van der Waals surface area contributed by atoms with E-state index in [-0.39, 0.29) is 0 Å². The number of aromatic nitrogens is 1. The van der Waals surface area contributed by atoms with Crippen LogP contribution >= 0.6 is 0 Å². The molecule has 0 spiro atoms. The van der Waals surface area contributed by atoms with E-state index in [1.54, 1.807) is 0 Å². The number of nitrogens with zero attached hydrogens (tertiary/aromatic N) is 2. The molecule has 0 amide bonds. The molecule has 3 N–H and O–H groups in total. The highest BCUT2D eigenvalue weighted by atomic mass is 16.4. The van der Waals surface area contributed by atoms with Gasteiger partial charge in [0, 0.05) is 24.8 Å². The van der Waals surface area contributed by atoms with Gasteiger partial charge in [-0.15, -0.1) is 0 Å². The molecule has 1 saturated heterocycles. The van der Waals surface area contributed by atoms with Crippen molar-refractivity contribution in [3.63, 3.8) is 0 Å². The van der Waals surface area contributed by atoms with Gasteiger partial charge in [0.05, 0.1) is 0 Å². The minimum atomic E-state index is 0.584. The Balaban J connectivity index is 1.54. The first-order valence-electron chi connectivity index (χ1n) is 7.43. The van der Waals surface area contributed by atoms with Gasteiger partial charge >= 0.3 is 0 Å². The molecule has 108 valence electrons. The van der Waals surface area contributed by atoms with E-state index in [1.807, 2.05) is 18.2 Å². The van der Waals surface area contributed by atoms with E-state index in [0.29, 0.717) is 11.7 Å². The number of anilines is 2. The molecule has 0 unspecified atom stereocenters. The zero-order chi connectivity index (χ0) is 13.8. The highest BCUT2D eigenvalue weighted by molar-refractivity contribution is 5.78. The van der Waals surface area contributed by atoms with E-state index in [9.17, 15) is 0 Å². The third kappa shape index (κ3) is 3.22. The Bertz CT molecular complexity index is 558. The second-order valence-electron chi connectivity index (χ2n) is 5.43. The molecule has 1 fully saturated rings. The number of nitrogen functional groups attached to an aromatic ring is 1. The molecule has 0 bridgehead atoms. The quantitative estimate of drug-likeness (QED) is 0.839. The second-order valence-corrected chi connectivity index (χ2v) is 5.43. The molecule has 2 aromatic rings. The normalized spacial score (nSPS) is 17.2. The average molecular weight is 274 g/mol. The van der Waals surface area contributed by atoms with Gasteiger partial charge in [-0.25, -0.2) is 0 Å². The van der Waals surface area contributed by atoms with Gasteiger partial charge in [0.25, 0.3) is 6.01 Å². The lowest BCUT2D eigenvalue weighted by atomic mass is 10.2. The van der Waals surface area contributed by atoms with Crippen molar-refractivity contribution < 1.29 is 4.42 Å². The predicted octanol–water partition coefficient (Wildman–Crippen LogP) is 2.70. The Hall–Kier alpha value is -1.75. The fraction of sp³-hybridized carbons (Fsp3) is 0.533. The van der Waals surface area contributed by atoms with Crippen molar-refractivity contribution in [1.29, 1.82) is 0 Å². The van der Waals surface area contributed by atoms with Crippen LogP contribution in [0, 0.1) is 0 Å². The first kappa shape index (κ1) is 13.2. The van der Waals surface area contributed by atoms with Gasteiger partial charge in [0.1, 0.15) is 5.52 Å². The summed E-state index contributed by atoms with van der Waals surface area (Å²) < 4.78 is 5.64. The van der Waals surface area contributed by atoms with Crippen molar-refractivity contribution in [2.75, 3.05) is 37.2 Å². The van der Waals surface area contributed by atoms with Crippen LogP contribution in [0.3, 0.4) is 0 Å². The molecular formula is C15H22N4O. The van der Waals surface area contributed by atoms with Crippen molar-refractivity contribution in [2.24, 2.45) is 0 Å². The van der Waals surface area contributed by atoms with Gasteiger partial charge in [-0.1, -0.05) is 12.8 Å². The van der Waals surface area contributed by atoms with Gasteiger partial charge in [-0.05, 0) is 38.1 Å². The van der Waals surface area contributed by atoms with Crippen LogP contribution in [0.2, 0.25) is 0 Å². The lowest BCUT2D eigenvalue weighted by Gasteiger charge is -2.19. The summed E-state index contributed by atoms with van der Waals surface area (Å²) in [7, 11) is 0. The number of fused-ring (bicyclic) bond motifs is 1. The molecule has 2 heterocycles. The maximum absolute atomic E-state index is 5.73. The molecule has 0 aliphatic carbocycles. The Morgan fingerprint density at radius 3 is 2.80 bits per heavy atom. The molecule has 5 nitrogen and oxygen atoms in total. The van der Waals surface area contributed by atoms with Gasteiger partial charge < -0.3 is 20.4 Å². The number of nitrogens with two attached hydrogens (primary N) is 1. The highest BCUT2D eigenvalue weighted by Gasteiger charge is 2.09. The van der Waals surface area contributed by atoms with Crippen LogP contribution in [0.15, 0.2) is 22.6 Å². The highest BCUT2D eigenvalue weighted by Crippen LogP contribution is 2.20. The van der Waals surface area contributed by atoms with E-state index >= 15 is 0 Å². The van der Waals surface area contributed by atoms with Crippen LogP contribution in [0.1, 0.15) is 25.7 Å². The summed E-state index contributed by atoms with van der Waals surface area (Å²) >= 11 is 0. The number of benzene rings is 1. The number of oxazole rings is 1. The molecule has 0 saturated carbocycles. The molecule has 1 aromatic heterocycles.